The van der Waals surface area contributed by atoms with Gasteiger partial charge < -0.3 is 15.1 Å². The van der Waals surface area contributed by atoms with E-state index in [1.807, 2.05) is 17.5 Å². The van der Waals surface area contributed by atoms with Crippen molar-refractivity contribution < 1.29 is 4.79 Å². The van der Waals surface area contributed by atoms with Gasteiger partial charge in [0, 0.05) is 30.7 Å². The third-order valence-corrected chi connectivity index (χ3v) is 5.49. The molecule has 0 unspecified atom stereocenters. The fraction of sp³-hybridized carbons (Fsp3) is 0.500. The van der Waals surface area contributed by atoms with Crippen LogP contribution >= 0.6 is 11.3 Å². The highest BCUT2D eigenvalue weighted by atomic mass is 32.1. The molecule has 0 bridgehead atoms. The zero-order valence-electron chi connectivity index (χ0n) is 15.0. The molecule has 7 heteroatoms. The Labute approximate surface area is 152 Å². The second-order valence-electron chi connectivity index (χ2n) is 6.53. The molecule has 1 atom stereocenters. The topological polar surface area (TPSA) is 61.4 Å². The molecule has 1 N–H and O–H groups in total. The van der Waals surface area contributed by atoms with Crippen LogP contribution in [-0.2, 0) is 13.0 Å². The molecule has 1 aliphatic rings. The van der Waals surface area contributed by atoms with E-state index in [1.54, 1.807) is 17.5 Å². The molecule has 1 fully saturated rings. The zero-order chi connectivity index (χ0) is 17.8. The lowest BCUT2D eigenvalue weighted by Gasteiger charge is -2.21. The zero-order valence-corrected chi connectivity index (χ0v) is 15.8. The minimum atomic E-state index is -0.111. The number of aryl methyl sites for hydroxylation is 1. The molecule has 0 aliphatic carbocycles. The standard InChI is InChI=1S/C18H25N5OS/c1-4-14-12-25-17(21-14)10-20-18(24)13-5-6-16(19-9-13)23-8-7-15(11-23)22(2)3/h5-6,9,12,15H,4,7-8,10-11H2,1-3H3,(H,20,24)/t15-/m1/s1. The minimum Gasteiger partial charge on any atom is -0.355 e. The number of nitrogens with one attached hydrogen (secondary N) is 1. The number of anilines is 1. The van der Waals surface area contributed by atoms with Gasteiger partial charge in [0.15, 0.2) is 0 Å². The van der Waals surface area contributed by atoms with E-state index in [9.17, 15) is 4.79 Å². The van der Waals surface area contributed by atoms with Crippen molar-refractivity contribution in [3.63, 3.8) is 0 Å². The Morgan fingerprint density at radius 2 is 2.28 bits per heavy atom. The van der Waals surface area contributed by atoms with Crippen molar-refractivity contribution in [3.8, 4) is 0 Å². The highest BCUT2D eigenvalue weighted by Crippen LogP contribution is 2.20. The highest BCUT2D eigenvalue weighted by molar-refractivity contribution is 7.09. The molecule has 2 aromatic rings. The fourth-order valence-corrected chi connectivity index (χ4v) is 3.75. The molecule has 1 amide bonds. The summed E-state index contributed by atoms with van der Waals surface area (Å²) in [5.74, 6) is 0.827. The maximum absolute atomic E-state index is 12.3. The van der Waals surface area contributed by atoms with Crippen molar-refractivity contribution in [2.24, 2.45) is 0 Å². The lowest BCUT2D eigenvalue weighted by Crippen LogP contribution is -2.31. The van der Waals surface area contributed by atoms with Gasteiger partial charge in [-0.2, -0.15) is 0 Å². The Kier molecular flexibility index (Phi) is 5.65. The van der Waals surface area contributed by atoms with Crippen molar-refractivity contribution in [1.29, 1.82) is 0 Å². The Bertz CT molecular complexity index is 713. The molecule has 134 valence electrons. The molecular formula is C18H25N5OS. The second kappa shape index (κ2) is 7.93. The van der Waals surface area contributed by atoms with Gasteiger partial charge in [0.25, 0.3) is 5.91 Å². The summed E-state index contributed by atoms with van der Waals surface area (Å²) in [6.07, 6.45) is 3.72. The number of nitrogens with zero attached hydrogens (tertiary/aromatic N) is 4. The molecule has 1 saturated heterocycles. The third kappa shape index (κ3) is 4.35. The number of thiazole rings is 1. The van der Waals surface area contributed by atoms with E-state index >= 15 is 0 Å². The predicted molar refractivity (Wildman–Crippen MR) is 101 cm³/mol. The largest absolute Gasteiger partial charge is 0.355 e. The van der Waals surface area contributed by atoms with Gasteiger partial charge in [0.2, 0.25) is 0 Å². The number of hydrogen-bond acceptors (Lipinski definition) is 6. The van der Waals surface area contributed by atoms with Gasteiger partial charge in [-0.1, -0.05) is 6.92 Å². The number of likely N-dealkylation sites (N-methyl/N-ethyl adjacent to an activating group) is 1. The number of hydrogen-bond donors (Lipinski definition) is 1. The first-order valence-corrected chi connectivity index (χ1v) is 9.53. The lowest BCUT2D eigenvalue weighted by atomic mass is 10.2. The van der Waals surface area contributed by atoms with Gasteiger partial charge in [-0.25, -0.2) is 9.97 Å². The summed E-state index contributed by atoms with van der Waals surface area (Å²) in [7, 11) is 4.22. The number of carbonyl (C=O) groups excluding carboxylic acids is 1. The molecule has 25 heavy (non-hydrogen) atoms. The molecule has 0 radical (unpaired) electrons. The predicted octanol–water partition coefficient (Wildman–Crippen LogP) is 2.17. The first kappa shape index (κ1) is 17.8. The number of amides is 1. The van der Waals surface area contributed by atoms with Crippen LogP contribution in [0.4, 0.5) is 5.82 Å². The first-order chi connectivity index (χ1) is 12.1. The van der Waals surface area contributed by atoms with Crippen molar-refractivity contribution in [2.75, 3.05) is 32.1 Å². The molecular weight excluding hydrogens is 334 g/mol. The molecule has 0 saturated carbocycles. The first-order valence-electron chi connectivity index (χ1n) is 8.65. The van der Waals surface area contributed by atoms with Crippen LogP contribution < -0.4 is 10.2 Å². The average molecular weight is 359 g/mol. The van der Waals surface area contributed by atoms with Crippen molar-refractivity contribution >= 4 is 23.1 Å². The van der Waals surface area contributed by atoms with Gasteiger partial charge in [-0.05, 0) is 39.1 Å². The van der Waals surface area contributed by atoms with Crippen LogP contribution in [0.1, 0.15) is 34.4 Å². The number of aromatic nitrogens is 2. The van der Waals surface area contributed by atoms with Gasteiger partial charge >= 0.3 is 0 Å². The number of carbonyl (C=O) groups is 1. The third-order valence-electron chi connectivity index (χ3n) is 4.59. The Morgan fingerprint density at radius 3 is 2.88 bits per heavy atom. The lowest BCUT2D eigenvalue weighted by molar-refractivity contribution is 0.0950. The summed E-state index contributed by atoms with van der Waals surface area (Å²) in [5.41, 5.74) is 1.65. The van der Waals surface area contributed by atoms with E-state index in [2.05, 4.69) is 46.1 Å². The van der Waals surface area contributed by atoms with Gasteiger partial charge in [0.1, 0.15) is 10.8 Å². The van der Waals surface area contributed by atoms with E-state index in [0.29, 0.717) is 18.2 Å². The summed E-state index contributed by atoms with van der Waals surface area (Å²) in [6, 6.07) is 4.35. The molecule has 2 aromatic heterocycles. The maximum Gasteiger partial charge on any atom is 0.253 e. The summed E-state index contributed by atoms with van der Waals surface area (Å²) >= 11 is 1.58. The normalized spacial score (nSPS) is 17.3. The molecule has 3 rings (SSSR count). The Morgan fingerprint density at radius 1 is 1.44 bits per heavy atom. The van der Waals surface area contributed by atoms with Crippen molar-refractivity contribution in [3.05, 3.63) is 40.0 Å². The average Bonchev–Trinajstić information content (AvgIpc) is 3.29. The van der Waals surface area contributed by atoms with Crippen LogP contribution in [0.5, 0.6) is 0 Å². The second-order valence-corrected chi connectivity index (χ2v) is 7.47. The highest BCUT2D eigenvalue weighted by Gasteiger charge is 2.24. The van der Waals surface area contributed by atoms with Crippen LogP contribution in [-0.4, -0.2) is 54.0 Å². The molecule has 0 aromatic carbocycles. The van der Waals surface area contributed by atoms with E-state index in [0.717, 1.165) is 42.5 Å². The molecule has 3 heterocycles. The monoisotopic (exact) mass is 359 g/mol. The fourth-order valence-electron chi connectivity index (χ4n) is 2.93. The molecule has 1 aliphatic heterocycles. The SMILES string of the molecule is CCc1csc(CNC(=O)c2ccc(N3CC[C@@H](N(C)C)C3)nc2)n1. The van der Waals surface area contributed by atoms with E-state index < -0.39 is 0 Å². The summed E-state index contributed by atoms with van der Waals surface area (Å²) in [6.45, 7) is 4.52. The summed E-state index contributed by atoms with van der Waals surface area (Å²) in [5, 5.41) is 5.88. The van der Waals surface area contributed by atoms with Crippen LogP contribution in [0.3, 0.4) is 0 Å². The maximum atomic E-state index is 12.3. The number of rotatable bonds is 6. The van der Waals surface area contributed by atoms with Gasteiger partial charge in [-0.15, -0.1) is 11.3 Å². The Hall–Kier alpha value is -1.99. The van der Waals surface area contributed by atoms with E-state index in [4.69, 9.17) is 0 Å². The number of pyridine rings is 1. The van der Waals surface area contributed by atoms with E-state index in [1.165, 1.54) is 0 Å². The smallest absolute Gasteiger partial charge is 0.253 e. The van der Waals surface area contributed by atoms with Crippen molar-refractivity contribution in [1.82, 2.24) is 20.2 Å². The van der Waals surface area contributed by atoms with Crippen LogP contribution in [0.25, 0.3) is 0 Å². The van der Waals surface area contributed by atoms with Crippen LogP contribution in [0.15, 0.2) is 23.7 Å². The van der Waals surface area contributed by atoms with E-state index in [-0.39, 0.29) is 5.91 Å². The quantitative estimate of drug-likeness (QED) is 0.856. The summed E-state index contributed by atoms with van der Waals surface area (Å²) in [4.78, 5) is 25.7. The molecule has 0 spiro atoms. The summed E-state index contributed by atoms with van der Waals surface area (Å²) < 4.78 is 0. The Balaban J connectivity index is 1.55. The van der Waals surface area contributed by atoms with Crippen LogP contribution in [0, 0.1) is 0 Å². The van der Waals surface area contributed by atoms with Gasteiger partial charge in [-0.3, -0.25) is 4.79 Å². The van der Waals surface area contributed by atoms with Crippen LogP contribution in [0.2, 0.25) is 0 Å². The minimum absolute atomic E-state index is 0.111. The van der Waals surface area contributed by atoms with Crippen molar-refractivity contribution in [2.45, 2.75) is 32.4 Å². The molecule has 6 nitrogen and oxygen atoms in total. The van der Waals surface area contributed by atoms with Gasteiger partial charge in [0.05, 0.1) is 17.8 Å².